The zero-order valence-corrected chi connectivity index (χ0v) is 11.9. The first kappa shape index (κ1) is 15.4. The molecule has 0 saturated heterocycles. The summed E-state index contributed by atoms with van der Waals surface area (Å²) >= 11 is 0. The van der Waals surface area contributed by atoms with Gasteiger partial charge in [0, 0.05) is 6.54 Å². The van der Waals surface area contributed by atoms with Crippen LogP contribution in [0.4, 0.5) is 0 Å². The van der Waals surface area contributed by atoms with Crippen molar-refractivity contribution in [3.8, 4) is 0 Å². The number of nitrogens with two attached hydrogens (primary N) is 1. The van der Waals surface area contributed by atoms with Gasteiger partial charge in [-0.05, 0) is 24.7 Å². The maximum absolute atomic E-state index is 11.6. The van der Waals surface area contributed by atoms with Crippen LogP contribution in [0.15, 0.2) is 0 Å². The summed E-state index contributed by atoms with van der Waals surface area (Å²) in [6, 6.07) is -0.418. The van der Waals surface area contributed by atoms with Crippen molar-refractivity contribution in [3.05, 3.63) is 0 Å². The van der Waals surface area contributed by atoms with Crippen molar-refractivity contribution in [3.63, 3.8) is 0 Å². The molecule has 4 heteroatoms. The van der Waals surface area contributed by atoms with Crippen LogP contribution in [0.3, 0.4) is 0 Å². The molecule has 0 bridgehead atoms. The maximum atomic E-state index is 11.6. The number of nitrogens with one attached hydrogen (secondary N) is 1. The Morgan fingerprint density at radius 3 is 2.67 bits per heavy atom. The van der Waals surface area contributed by atoms with E-state index < -0.39 is 6.04 Å². The second kappa shape index (κ2) is 7.74. The summed E-state index contributed by atoms with van der Waals surface area (Å²) in [5.74, 6) is 0.738. The Bertz CT molecular complexity index is 256. The minimum Gasteiger partial charge on any atom is -0.376 e. The summed E-state index contributed by atoms with van der Waals surface area (Å²) in [5, 5.41) is 2.83. The van der Waals surface area contributed by atoms with Gasteiger partial charge in [0.15, 0.2) is 0 Å². The molecule has 1 saturated carbocycles. The molecule has 1 aliphatic carbocycles. The van der Waals surface area contributed by atoms with Gasteiger partial charge in [-0.15, -0.1) is 0 Å². The molecule has 0 spiro atoms. The second-order valence-corrected chi connectivity index (χ2v) is 5.73. The number of carbonyl (C=O) groups excluding carboxylic acids is 1. The first-order chi connectivity index (χ1) is 8.52. The van der Waals surface area contributed by atoms with Crippen LogP contribution < -0.4 is 11.1 Å². The third-order valence-electron chi connectivity index (χ3n) is 3.79. The number of amides is 1. The smallest absolute Gasteiger partial charge is 0.237 e. The molecule has 2 unspecified atom stereocenters. The fraction of sp³-hybridized carbons (Fsp3) is 0.929. The van der Waals surface area contributed by atoms with Gasteiger partial charge in [0.1, 0.15) is 0 Å². The maximum Gasteiger partial charge on any atom is 0.237 e. The molecule has 0 aromatic carbocycles. The van der Waals surface area contributed by atoms with Gasteiger partial charge in [-0.2, -0.15) is 0 Å². The third kappa shape index (κ3) is 4.94. The van der Waals surface area contributed by atoms with E-state index in [1.165, 1.54) is 19.3 Å². The number of rotatable bonds is 6. The van der Waals surface area contributed by atoms with Gasteiger partial charge >= 0.3 is 0 Å². The average Bonchev–Trinajstić information content (AvgIpc) is 2.35. The summed E-state index contributed by atoms with van der Waals surface area (Å²) in [5.41, 5.74) is 5.75. The molecule has 18 heavy (non-hydrogen) atoms. The van der Waals surface area contributed by atoms with Gasteiger partial charge in [0.05, 0.1) is 18.8 Å². The Morgan fingerprint density at radius 2 is 2.06 bits per heavy atom. The summed E-state index contributed by atoms with van der Waals surface area (Å²) < 4.78 is 5.83. The highest BCUT2D eigenvalue weighted by Gasteiger charge is 2.22. The summed E-state index contributed by atoms with van der Waals surface area (Å²) in [6.45, 7) is 7.29. The molecule has 0 heterocycles. The summed E-state index contributed by atoms with van der Waals surface area (Å²) in [6.07, 6.45) is 5.37. The summed E-state index contributed by atoms with van der Waals surface area (Å²) in [7, 11) is 0. The molecular weight excluding hydrogens is 228 g/mol. The molecule has 1 fully saturated rings. The standard InChI is InChI=1S/C14H28N2O2/c1-10(2)13(15)14(17)16-8-9-18-12-7-5-4-6-11(12)3/h10-13H,4-9,15H2,1-3H3,(H,16,17)/t11?,12?,13-/m0/s1. The van der Waals surface area contributed by atoms with Crippen molar-refractivity contribution in [1.29, 1.82) is 0 Å². The largest absolute Gasteiger partial charge is 0.376 e. The quantitative estimate of drug-likeness (QED) is 0.711. The van der Waals surface area contributed by atoms with Crippen molar-refractivity contribution in [2.24, 2.45) is 17.6 Å². The number of ether oxygens (including phenoxy) is 1. The van der Waals surface area contributed by atoms with E-state index in [1.807, 2.05) is 13.8 Å². The Balaban J connectivity index is 2.12. The highest BCUT2D eigenvalue weighted by Crippen LogP contribution is 2.25. The monoisotopic (exact) mass is 256 g/mol. The first-order valence-corrected chi connectivity index (χ1v) is 7.17. The fourth-order valence-corrected chi connectivity index (χ4v) is 2.33. The number of hydrogen-bond donors (Lipinski definition) is 2. The topological polar surface area (TPSA) is 64.3 Å². The summed E-state index contributed by atoms with van der Waals surface area (Å²) in [4.78, 5) is 11.6. The van der Waals surface area contributed by atoms with Crippen LogP contribution in [-0.4, -0.2) is 31.2 Å². The van der Waals surface area contributed by atoms with Gasteiger partial charge in [-0.1, -0.05) is 33.6 Å². The lowest BCUT2D eigenvalue weighted by atomic mass is 9.88. The van der Waals surface area contributed by atoms with Crippen molar-refractivity contribution >= 4 is 5.91 Å². The van der Waals surface area contributed by atoms with E-state index >= 15 is 0 Å². The van der Waals surface area contributed by atoms with Crippen LogP contribution in [0.2, 0.25) is 0 Å². The van der Waals surface area contributed by atoms with Gasteiger partial charge in [0.2, 0.25) is 5.91 Å². The van der Waals surface area contributed by atoms with Crippen LogP contribution in [0, 0.1) is 11.8 Å². The third-order valence-corrected chi connectivity index (χ3v) is 3.79. The fourth-order valence-electron chi connectivity index (χ4n) is 2.33. The number of carbonyl (C=O) groups is 1. The van der Waals surface area contributed by atoms with Crippen LogP contribution in [0.25, 0.3) is 0 Å². The normalized spacial score (nSPS) is 26.1. The Morgan fingerprint density at radius 1 is 1.39 bits per heavy atom. The molecule has 1 aliphatic rings. The minimum absolute atomic E-state index is 0.0784. The Hall–Kier alpha value is -0.610. The lowest BCUT2D eigenvalue weighted by Crippen LogP contribution is -2.45. The van der Waals surface area contributed by atoms with Gasteiger partial charge < -0.3 is 15.8 Å². The second-order valence-electron chi connectivity index (χ2n) is 5.73. The zero-order chi connectivity index (χ0) is 13.5. The van der Waals surface area contributed by atoms with Crippen LogP contribution in [-0.2, 0) is 9.53 Å². The van der Waals surface area contributed by atoms with Crippen molar-refractivity contribution < 1.29 is 9.53 Å². The minimum atomic E-state index is -0.418. The average molecular weight is 256 g/mol. The van der Waals surface area contributed by atoms with E-state index in [2.05, 4.69) is 12.2 Å². The molecule has 3 N–H and O–H groups in total. The van der Waals surface area contributed by atoms with Crippen molar-refractivity contribution in [2.45, 2.75) is 58.6 Å². The van der Waals surface area contributed by atoms with E-state index in [9.17, 15) is 4.79 Å². The number of hydrogen-bond acceptors (Lipinski definition) is 3. The van der Waals surface area contributed by atoms with E-state index in [0.29, 0.717) is 25.2 Å². The first-order valence-electron chi connectivity index (χ1n) is 7.17. The molecular formula is C14H28N2O2. The van der Waals surface area contributed by atoms with Gasteiger partial charge in [0.25, 0.3) is 0 Å². The lowest BCUT2D eigenvalue weighted by molar-refractivity contribution is -0.123. The molecule has 0 radical (unpaired) electrons. The van der Waals surface area contributed by atoms with Crippen LogP contribution >= 0.6 is 0 Å². The van der Waals surface area contributed by atoms with Gasteiger partial charge in [-0.3, -0.25) is 4.79 Å². The SMILES string of the molecule is CC1CCCCC1OCCNC(=O)[C@@H](N)C(C)C. The van der Waals surface area contributed by atoms with E-state index in [1.54, 1.807) is 0 Å². The molecule has 1 amide bonds. The van der Waals surface area contributed by atoms with Gasteiger partial charge in [-0.25, -0.2) is 0 Å². The molecule has 0 aromatic rings. The molecule has 0 aromatic heterocycles. The van der Waals surface area contributed by atoms with Crippen molar-refractivity contribution in [1.82, 2.24) is 5.32 Å². The van der Waals surface area contributed by atoms with Crippen LogP contribution in [0.1, 0.15) is 46.5 Å². The predicted molar refractivity (Wildman–Crippen MR) is 73.2 cm³/mol. The van der Waals surface area contributed by atoms with E-state index in [-0.39, 0.29) is 11.8 Å². The lowest BCUT2D eigenvalue weighted by Gasteiger charge is -2.28. The Labute approximate surface area is 111 Å². The molecule has 106 valence electrons. The molecule has 4 nitrogen and oxygen atoms in total. The highest BCUT2D eigenvalue weighted by molar-refractivity contribution is 5.81. The van der Waals surface area contributed by atoms with E-state index in [0.717, 1.165) is 6.42 Å². The molecule has 1 rings (SSSR count). The Kier molecular flexibility index (Phi) is 6.65. The predicted octanol–water partition coefficient (Wildman–Crippen LogP) is 1.68. The highest BCUT2D eigenvalue weighted by atomic mass is 16.5. The molecule has 0 aliphatic heterocycles. The van der Waals surface area contributed by atoms with Crippen molar-refractivity contribution in [2.75, 3.05) is 13.2 Å². The van der Waals surface area contributed by atoms with Crippen LogP contribution in [0.5, 0.6) is 0 Å². The zero-order valence-electron chi connectivity index (χ0n) is 11.9. The molecule has 3 atom stereocenters. The van der Waals surface area contributed by atoms with E-state index in [4.69, 9.17) is 10.5 Å².